The second kappa shape index (κ2) is 15.7. The average molecular weight is 622 g/mol. The van der Waals surface area contributed by atoms with Crippen molar-refractivity contribution in [3.63, 3.8) is 0 Å². The summed E-state index contributed by atoms with van der Waals surface area (Å²) in [7, 11) is 0. The van der Waals surface area contributed by atoms with Gasteiger partial charge in [0.25, 0.3) is 5.91 Å². The molecule has 2 unspecified atom stereocenters. The van der Waals surface area contributed by atoms with E-state index in [0.717, 1.165) is 5.56 Å². The van der Waals surface area contributed by atoms with Gasteiger partial charge in [0.05, 0.1) is 27.7 Å². The van der Waals surface area contributed by atoms with E-state index in [1.807, 2.05) is 37.3 Å². The van der Waals surface area contributed by atoms with Crippen molar-refractivity contribution in [3.8, 4) is 0 Å². The van der Waals surface area contributed by atoms with Gasteiger partial charge in [-0.25, -0.2) is 9.59 Å². The first kappa shape index (κ1) is 32.4. The lowest BCUT2D eigenvalue weighted by molar-refractivity contribution is -0.142. The number of rotatable bonds is 14. The van der Waals surface area contributed by atoms with Crippen LogP contribution in [0.4, 0.5) is 4.79 Å². The molecule has 224 valence electrons. The first-order valence-corrected chi connectivity index (χ1v) is 13.6. The highest BCUT2D eigenvalue weighted by Crippen LogP contribution is 2.25. The summed E-state index contributed by atoms with van der Waals surface area (Å²) in [4.78, 5) is 66.3. The van der Waals surface area contributed by atoms with Gasteiger partial charge in [0.2, 0.25) is 6.10 Å². The van der Waals surface area contributed by atoms with Crippen molar-refractivity contribution < 1.29 is 43.4 Å². The van der Waals surface area contributed by atoms with E-state index in [9.17, 15) is 29.1 Å². The van der Waals surface area contributed by atoms with Crippen LogP contribution in [0.5, 0.6) is 0 Å². The number of nitrogens with one attached hydrogen (secondary N) is 2. The number of oxime groups is 1. The van der Waals surface area contributed by atoms with Crippen LogP contribution in [-0.4, -0.2) is 65.8 Å². The predicted molar refractivity (Wildman–Crippen MR) is 151 cm³/mol. The number of Topliss-reactive ketones (excluding diaryl/α,β-unsaturated/α-hetero) is 1. The van der Waals surface area contributed by atoms with Gasteiger partial charge in [0.1, 0.15) is 12.6 Å². The lowest BCUT2D eigenvalue weighted by Crippen LogP contribution is -2.47. The number of amides is 2. The van der Waals surface area contributed by atoms with Crippen molar-refractivity contribution in [2.45, 2.75) is 44.9 Å². The molecule has 12 nitrogen and oxygen atoms in total. The van der Waals surface area contributed by atoms with Crippen molar-refractivity contribution in [1.82, 2.24) is 10.6 Å². The number of hydrogen-bond donors (Lipinski definition) is 3. The van der Waals surface area contributed by atoms with E-state index in [-0.39, 0.29) is 41.1 Å². The number of halogens is 2. The third-order valence-corrected chi connectivity index (χ3v) is 6.64. The van der Waals surface area contributed by atoms with Crippen molar-refractivity contribution in [2.75, 3.05) is 13.2 Å². The molecule has 0 saturated carbocycles. The molecule has 3 rings (SSSR count). The topological polar surface area (TPSA) is 170 Å². The van der Waals surface area contributed by atoms with Gasteiger partial charge >= 0.3 is 18.0 Å². The number of carbonyl (C=O) groups is 5. The normalized spacial score (nSPS) is 15.4. The Labute approximate surface area is 251 Å². The largest absolute Gasteiger partial charge is 0.481 e. The van der Waals surface area contributed by atoms with Crippen molar-refractivity contribution in [3.05, 3.63) is 69.7 Å². The molecule has 3 atom stereocenters. The number of alkyl carbamates (subject to hydrolysis) is 1. The van der Waals surface area contributed by atoms with Gasteiger partial charge in [-0.05, 0) is 30.0 Å². The molecular weight excluding hydrogens is 593 g/mol. The maximum atomic E-state index is 12.8. The monoisotopic (exact) mass is 621 g/mol. The smallest absolute Gasteiger partial charge is 0.407 e. The zero-order chi connectivity index (χ0) is 30.6. The SMILES string of the molecule is CC(CNC(=O)OCc1ccccc1)CC1=NOC(C(=O)N[C@@H](CC(=O)O)C(=O)COC(=O)c2c(Cl)cccc2Cl)C1. The third kappa shape index (κ3) is 10.0. The molecule has 2 aromatic carbocycles. The first-order chi connectivity index (χ1) is 20.0. The van der Waals surface area contributed by atoms with Crippen LogP contribution in [0.25, 0.3) is 0 Å². The number of carboxylic acid groups (broad SMARTS) is 1. The number of carbonyl (C=O) groups excluding carboxylic acids is 4. The minimum absolute atomic E-state index is 0.0117. The number of esters is 1. The fourth-order valence-corrected chi connectivity index (χ4v) is 4.43. The third-order valence-electron chi connectivity index (χ3n) is 6.01. The molecule has 2 amide bonds. The van der Waals surface area contributed by atoms with E-state index in [0.29, 0.717) is 12.1 Å². The summed E-state index contributed by atoms with van der Waals surface area (Å²) in [5.74, 6) is -4.03. The predicted octanol–water partition coefficient (Wildman–Crippen LogP) is 3.78. The van der Waals surface area contributed by atoms with E-state index in [1.165, 1.54) is 18.2 Å². The zero-order valence-electron chi connectivity index (χ0n) is 22.5. The lowest BCUT2D eigenvalue weighted by Gasteiger charge is -2.18. The summed E-state index contributed by atoms with van der Waals surface area (Å²) < 4.78 is 10.1. The highest BCUT2D eigenvalue weighted by atomic mass is 35.5. The molecule has 2 aromatic rings. The highest BCUT2D eigenvalue weighted by molar-refractivity contribution is 6.39. The highest BCUT2D eigenvalue weighted by Gasteiger charge is 2.33. The molecule has 0 radical (unpaired) electrons. The quantitative estimate of drug-likeness (QED) is 0.266. The zero-order valence-corrected chi connectivity index (χ0v) is 24.0. The summed E-state index contributed by atoms with van der Waals surface area (Å²) in [6.07, 6.45) is -1.91. The summed E-state index contributed by atoms with van der Waals surface area (Å²) in [5, 5.41) is 18.2. The Hall–Kier alpha value is -4.16. The molecule has 0 aromatic heterocycles. The summed E-state index contributed by atoms with van der Waals surface area (Å²) >= 11 is 11.9. The van der Waals surface area contributed by atoms with Gasteiger partial charge in [0, 0.05) is 13.0 Å². The molecule has 42 heavy (non-hydrogen) atoms. The molecule has 0 fully saturated rings. The summed E-state index contributed by atoms with van der Waals surface area (Å²) in [6.45, 7) is 1.47. The van der Waals surface area contributed by atoms with Crippen LogP contribution < -0.4 is 10.6 Å². The van der Waals surface area contributed by atoms with Gasteiger partial charge in [-0.3, -0.25) is 14.4 Å². The number of carboxylic acids is 1. The van der Waals surface area contributed by atoms with Gasteiger partial charge in [-0.1, -0.05) is 71.7 Å². The number of ketones is 1. The molecule has 0 saturated heterocycles. The first-order valence-electron chi connectivity index (χ1n) is 12.9. The number of hydrogen-bond acceptors (Lipinski definition) is 9. The molecular formula is C28H29Cl2N3O9. The summed E-state index contributed by atoms with van der Waals surface area (Å²) in [6, 6.07) is 12.1. The van der Waals surface area contributed by atoms with E-state index in [4.69, 9.17) is 37.5 Å². The van der Waals surface area contributed by atoms with Crippen LogP contribution in [0.3, 0.4) is 0 Å². The molecule has 0 spiro atoms. The van der Waals surface area contributed by atoms with E-state index in [1.54, 1.807) is 0 Å². The lowest BCUT2D eigenvalue weighted by atomic mass is 10.0. The number of benzene rings is 2. The Balaban J connectivity index is 1.43. The minimum atomic E-state index is -1.50. The second-order valence-corrected chi connectivity index (χ2v) is 10.3. The van der Waals surface area contributed by atoms with Gasteiger partial charge in [0.15, 0.2) is 12.4 Å². The Kier molecular flexibility index (Phi) is 12.1. The molecule has 14 heteroatoms. The Morgan fingerprint density at radius 3 is 2.40 bits per heavy atom. The molecule has 1 aliphatic heterocycles. The Morgan fingerprint density at radius 2 is 1.74 bits per heavy atom. The number of ether oxygens (including phenoxy) is 2. The molecule has 3 N–H and O–H groups in total. The fourth-order valence-electron chi connectivity index (χ4n) is 3.88. The number of aliphatic carboxylic acids is 1. The van der Waals surface area contributed by atoms with Crippen molar-refractivity contribution in [2.24, 2.45) is 11.1 Å². The van der Waals surface area contributed by atoms with Crippen molar-refractivity contribution >= 4 is 58.6 Å². The second-order valence-electron chi connectivity index (χ2n) is 9.51. The van der Waals surface area contributed by atoms with Gasteiger partial charge < -0.3 is 30.1 Å². The van der Waals surface area contributed by atoms with Crippen LogP contribution in [0.15, 0.2) is 53.7 Å². The fraction of sp³-hybridized carbons (Fsp3) is 0.357. The Bertz CT molecular complexity index is 1320. The standard InChI is InChI=1S/C28H29Cl2N3O9/c1-16(13-31-28(39)41-14-17-6-3-2-4-7-17)10-18-11-23(42-33-18)26(37)32-21(12-24(35)36)22(34)15-40-27(38)25-19(29)8-5-9-20(25)30/h2-9,16,21,23H,10-15H2,1H3,(H,31,39)(H,32,37)(H,35,36)/t16?,21-,23?/m0/s1. The van der Waals surface area contributed by atoms with Crippen LogP contribution in [-0.2, 0) is 35.3 Å². The molecule has 0 bridgehead atoms. The number of nitrogens with zero attached hydrogens (tertiary/aromatic N) is 1. The maximum absolute atomic E-state index is 12.8. The van der Waals surface area contributed by atoms with Gasteiger partial charge in [-0.15, -0.1) is 0 Å². The molecule has 0 aliphatic carbocycles. The maximum Gasteiger partial charge on any atom is 0.407 e. The molecule has 1 heterocycles. The van der Waals surface area contributed by atoms with Crippen LogP contribution >= 0.6 is 23.2 Å². The van der Waals surface area contributed by atoms with Crippen LogP contribution in [0, 0.1) is 5.92 Å². The van der Waals surface area contributed by atoms with Gasteiger partial charge in [-0.2, -0.15) is 0 Å². The van der Waals surface area contributed by atoms with Crippen LogP contribution in [0.1, 0.15) is 42.1 Å². The summed E-state index contributed by atoms with van der Waals surface area (Å²) in [5.41, 5.74) is 1.26. The average Bonchev–Trinajstić information content (AvgIpc) is 3.42. The minimum Gasteiger partial charge on any atom is -0.481 e. The van der Waals surface area contributed by atoms with Crippen LogP contribution in [0.2, 0.25) is 10.0 Å². The van der Waals surface area contributed by atoms with E-state index >= 15 is 0 Å². The van der Waals surface area contributed by atoms with Crippen molar-refractivity contribution in [1.29, 1.82) is 0 Å². The van der Waals surface area contributed by atoms with E-state index < -0.39 is 54.9 Å². The van der Waals surface area contributed by atoms with E-state index in [2.05, 4.69) is 15.8 Å². The Morgan fingerprint density at radius 1 is 1.05 bits per heavy atom. The molecule has 1 aliphatic rings.